The zero-order valence-electron chi connectivity index (χ0n) is 20.2. The second kappa shape index (κ2) is 11.1. The average molecular weight is 468 g/mol. The number of anilines is 1. The molecule has 9 heteroatoms. The van der Waals surface area contributed by atoms with Crippen LogP contribution in [0, 0.1) is 5.92 Å². The predicted molar refractivity (Wildman–Crippen MR) is 134 cm³/mol. The summed E-state index contributed by atoms with van der Waals surface area (Å²) in [5, 5.41) is 5.93. The number of carbonyl (C=O) groups is 1. The number of benzene rings is 1. The molecule has 1 aromatic heterocycles. The van der Waals surface area contributed by atoms with Crippen LogP contribution in [0.3, 0.4) is 0 Å². The fourth-order valence-corrected chi connectivity index (χ4v) is 4.94. The van der Waals surface area contributed by atoms with Crippen LogP contribution in [0.2, 0.25) is 0 Å². The highest BCUT2D eigenvalue weighted by Crippen LogP contribution is 2.27. The van der Waals surface area contributed by atoms with Crippen molar-refractivity contribution in [3.63, 3.8) is 0 Å². The van der Waals surface area contributed by atoms with Crippen molar-refractivity contribution < 1.29 is 4.79 Å². The summed E-state index contributed by atoms with van der Waals surface area (Å²) in [6.45, 7) is 9.15. The molecule has 1 aliphatic carbocycles. The van der Waals surface area contributed by atoms with Crippen molar-refractivity contribution >= 4 is 11.8 Å². The van der Waals surface area contributed by atoms with Gasteiger partial charge in [0.05, 0.1) is 5.69 Å². The Hall–Kier alpha value is -2.75. The Balaban J connectivity index is 1.39. The number of aromatic nitrogens is 2. The van der Waals surface area contributed by atoms with E-state index in [1.165, 1.54) is 10.1 Å². The first-order chi connectivity index (χ1) is 16.4. The minimum Gasteiger partial charge on any atom is -0.327 e. The lowest BCUT2D eigenvalue weighted by atomic mass is 9.82. The summed E-state index contributed by atoms with van der Waals surface area (Å²) in [5.41, 5.74) is 7.75. The van der Waals surface area contributed by atoms with Crippen LogP contribution in [-0.2, 0) is 6.54 Å². The standard InChI is InChI=1S/C25H37N7O2/c1-3-30(21-8-9-22(26)18(2)16-21)17-19-4-6-20(7-5-19)32-13-10-23(29-25(32)34)28-24(33)31-14-11-27-12-15-31/h4-7,10,13,18,21-22,27H,3,8-9,11-12,14-17,26H2,1-2H3,(H,28,29,33,34). The third kappa shape index (κ3) is 5.84. The molecule has 2 fully saturated rings. The van der Waals surface area contributed by atoms with Crippen molar-refractivity contribution in [3.8, 4) is 5.69 Å². The SMILES string of the molecule is CCN(Cc1ccc(-n2ccc(NC(=O)N3CCNCC3)nc2=O)cc1)C1CCC(N)C(C)C1. The second-order valence-corrected chi connectivity index (χ2v) is 9.47. The van der Waals surface area contributed by atoms with Gasteiger partial charge in [-0.2, -0.15) is 4.98 Å². The molecule has 9 nitrogen and oxygen atoms in total. The van der Waals surface area contributed by atoms with Gasteiger partial charge in [0, 0.05) is 51.0 Å². The van der Waals surface area contributed by atoms with Gasteiger partial charge in [0.2, 0.25) is 0 Å². The molecule has 1 saturated carbocycles. The zero-order chi connectivity index (χ0) is 24.1. The zero-order valence-corrected chi connectivity index (χ0v) is 20.2. The van der Waals surface area contributed by atoms with Crippen molar-refractivity contribution in [1.29, 1.82) is 0 Å². The molecular formula is C25H37N7O2. The topological polar surface area (TPSA) is 109 Å². The van der Waals surface area contributed by atoms with E-state index in [2.05, 4.69) is 46.5 Å². The molecule has 3 unspecified atom stereocenters. The lowest BCUT2D eigenvalue weighted by Gasteiger charge is -2.38. The first-order valence-electron chi connectivity index (χ1n) is 12.4. The number of hydrogen-bond acceptors (Lipinski definition) is 6. The van der Waals surface area contributed by atoms with Gasteiger partial charge in [0.25, 0.3) is 0 Å². The Bertz CT molecular complexity index is 1020. The average Bonchev–Trinajstić information content (AvgIpc) is 2.85. The highest BCUT2D eigenvalue weighted by Gasteiger charge is 2.28. The molecule has 3 atom stereocenters. The lowest BCUT2D eigenvalue weighted by molar-refractivity contribution is 0.123. The lowest BCUT2D eigenvalue weighted by Crippen LogP contribution is -2.48. The maximum atomic E-state index is 12.6. The van der Waals surface area contributed by atoms with Gasteiger partial charge < -0.3 is 16.0 Å². The van der Waals surface area contributed by atoms with Gasteiger partial charge in [-0.15, -0.1) is 0 Å². The number of amides is 2. The molecule has 4 rings (SSSR count). The van der Waals surface area contributed by atoms with Crippen LogP contribution in [0.1, 0.15) is 38.7 Å². The quantitative estimate of drug-likeness (QED) is 0.600. The maximum absolute atomic E-state index is 12.6. The summed E-state index contributed by atoms with van der Waals surface area (Å²) in [4.78, 5) is 33.3. The summed E-state index contributed by atoms with van der Waals surface area (Å²) in [7, 11) is 0. The van der Waals surface area contributed by atoms with Gasteiger partial charge in [0.15, 0.2) is 0 Å². The van der Waals surface area contributed by atoms with E-state index in [1.807, 2.05) is 12.1 Å². The van der Waals surface area contributed by atoms with Crippen LogP contribution in [0.25, 0.3) is 5.69 Å². The van der Waals surface area contributed by atoms with Crippen molar-refractivity contribution in [2.24, 2.45) is 11.7 Å². The van der Waals surface area contributed by atoms with Crippen LogP contribution in [-0.4, -0.2) is 70.2 Å². The molecule has 1 saturated heterocycles. The van der Waals surface area contributed by atoms with Gasteiger partial charge in [-0.1, -0.05) is 26.0 Å². The van der Waals surface area contributed by atoms with Crippen LogP contribution in [0.4, 0.5) is 10.6 Å². The summed E-state index contributed by atoms with van der Waals surface area (Å²) >= 11 is 0. The first-order valence-corrected chi connectivity index (χ1v) is 12.4. The van der Waals surface area contributed by atoms with E-state index in [-0.39, 0.29) is 11.8 Å². The van der Waals surface area contributed by atoms with Crippen molar-refractivity contribution in [3.05, 3.63) is 52.6 Å². The molecule has 0 bridgehead atoms. The minimum atomic E-state index is -0.423. The number of urea groups is 1. The van der Waals surface area contributed by atoms with E-state index in [0.717, 1.165) is 51.1 Å². The van der Waals surface area contributed by atoms with Gasteiger partial charge in [-0.3, -0.25) is 14.8 Å². The van der Waals surface area contributed by atoms with Crippen LogP contribution in [0.5, 0.6) is 0 Å². The Morgan fingerprint density at radius 3 is 2.59 bits per heavy atom. The fourth-order valence-electron chi connectivity index (χ4n) is 4.94. The van der Waals surface area contributed by atoms with Crippen molar-refractivity contribution in [2.45, 2.75) is 51.7 Å². The van der Waals surface area contributed by atoms with E-state index in [9.17, 15) is 9.59 Å². The molecule has 34 heavy (non-hydrogen) atoms. The van der Waals surface area contributed by atoms with E-state index in [0.29, 0.717) is 31.1 Å². The molecule has 2 heterocycles. The number of piperazine rings is 1. The number of nitrogens with one attached hydrogen (secondary N) is 2. The van der Waals surface area contributed by atoms with E-state index in [1.54, 1.807) is 17.2 Å². The molecular weight excluding hydrogens is 430 g/mol. The molecule has 0 radical (unpaired) electrons. The van der Waals surface area contributed by atoms with Gasteiger partial charge in [-0.25, -0.2) is 9.59 Å². The van der Waals surface area contributed by atoms with E-state index >= 15 is 0 Å². The molecule has 1 aliphatic heterocycles. The van der Waals surface area contributed by atoms with E-state index in [4.69, 9.17) is 5.73 Å². The summed E-state index contributed by atoms with van der Waals surface area (Å²) in [6, 6.07) is 10.4. The molecule has 2 amide bonds. The maximum Gasteiger partial charge on any atom is 0.354 e. The summed E-state index contributed by atoms with van der Waals surface area (Å²) in [5.74, 6) is 0.820. The Labute approximate surface area is 201 Å². The number of nitrogens with zero attached hydrogens (tertiary/aromatic N) is 4. The molecule has 2 aliphatic rings. The number of rotatable bonds is 6. The largest absolute Gasteiger partial charge is 0.354 e. The Morgan fingerprint density at radius 1 is 1.21 bits per heavy atom. The first kappa shape index (κ1) is 24.4. The highest BCUT2D eigenvalue weighted by atomic mass is 16.2. The smallest absolute Gasteiger partial charge is 0.327 e. The molecule has 184 valence electrons. The van der Waals surface area contributed by atoms with E-state index < -0.39 is 5.69 Å². The van der Waals surface area contributed by atoms with Gasteiger partial charge in [0.1, 0.15) is 5.82 Å². The fraction of sp³-hybridized carbons (Fsp3) is 0.560. The molecule has 2 aromatic rings. The summed E-state index contributed by atoms with van der Waals surface area (Å²) in [6.07, 6.45) is 5.04. The number of nitrogens with two attached hydrogens (primary N) is 1. The van der Waals surface area contributed by atoms with Crippen LogP contribution < -0.4 is 22.1 Å². The third-order valence-corrected chi connectivity index (χ3v) is 7.17. The minimum absolute atomic E-state index is 0.231. The second-order valence-electron chi connectivity index (χ2n) is 9.47. The molecule has 4 N–H and O–H groups in total. The van der Waals surface area contributed by atoms with Crippen molar-refractivity contribution in [1.82, 2.24) is 24.7 Å². The van der Waals surface area contributed by atoms with Crippen LogP contribution in [0.15, 0.2) is 41.3 Å². The van der Waals surface area contributed by atoms with Crippen molar-refractivity contribution in [2.75, 3.05) is 38.0 Å². The monoisotopic (exact) mass is 467 g/mol. The molecule has 1 aromatic carbocycles. The highest BCUT2D eigenvalue weighted by molar-refractivity contribution is 5.88. The Kier molecular flexibility index (Phi) is 7.97. The number of carbonyl (C=O) groups excluding carboxylic acids is 1. The van der Waals surface area contributed by atoms with Gasteiger partial charge in [-0.05, 0) is 55.5 Å². The summed E-state index contributed by atoms with van der Waals surface area (Å²) < 4.78 is 1.49. The van der Waals surface area contributed by atoms with Crippen LogP contribution >= 0.6 is 0 Å². The predicted octanol–water partition coefficient (Wildman–Crippen LogP) is 2.01. The normalized spacial score (nSPS) is 23.2. The Morgan fingerprint density at radius 2 is 1.94 bits per heavy atom. The molecule has 0 spiro atoms. The van der Waals surface area contributed by atoms with Gasteiger partial charge >= 0.3 is 11.7 Å². The third-order valence-electron chi connectivity index (χ3n) is 7.17. The number of hydrogen-bond donors (Lipinski definition) is 3.